The fourth-order valence-electron chi connectivity index (χ4n) is 3.84. The van der Waals surface area contributed by atoms with Crippen molar-refractivity contribution in [1.29, 1.82) is 0 Å². The molecule has 0 amide bonds. The van der Waals surface area contributed by atoms with Crippen LogP contribution in [0.3, 0.4) is 0 Å². The third-order valence-corrected chi connectivity index (χ3v) is 4.79. The van der Waals surface area contributed by atoms with Gasteiger partial charge < -0.3 is 4.74 Å². The third-order valence-electron chi connectivity index (χ3n) is 4.79. The van der Waals surface area contributed by atoms with Gasteiger partial charge in [-0.1, -0.05) is 60.7 Å². The van der Waals surface area contributed by atoms with E-state index in [0.717, 1.165) is 32.3 Å². The largest absolute Gasteiger partial charge is 0.416 e. The van der Waals surface area contributed by atoms with E-state index in [2.05, 4.69) is 48.5 Å². The average Bonchev–Trinajstić information content (AvgIpc) is 2.66. The molecule has 2 heteroatoms. The summed E-state index contributed by atoms with van der Waals surface area (Å²) in [7, 11) is 0. The van der Waals surface area contributed by atoms with E-state index in [0.29, 0.717) is 5.75 Å². The highest BCUT2D eigenvalue weighted by Gasteiger charge is 2.16. The lowest BCUT2D eigenvalue weighted by Crippen LogP contribution is -2.04. The number of terminal acetylenes is 1. The second-order valence-corrected chi connectivity index (χ2v) is 6.09. The normalized spacial score (nSPS) is 11.3. The molecule has 0 fully saturated rings. The number of fused-ring (bicyclic) bond motifs is 2. The van der Waals surface area contributed by atoms with Crippen molar-refractivity contribution < 1.29 is 9.53 Å². The predicted octanol–water partition coefficient (Wildman–Crippen LogP) is 5.28. The highest BCUT2D eigenvalue weighted by molar-refractivity contribution is 6.34. The fourth-order valence-corrected chi connectivity index (χ4v) is 3.84. The number of benzene rings is 5. The molecule has 0 aromatic heterocycles. The van der Waals surface area contributed by atoms with Crippen LogP contribution in [0.5, 0.6) is 5.75 Å². The molecular formula is C23H12O2. The Morgan fingerprint density at radius 2 is 1.32 bits per heavy atom. The summed E-state index contributed by atoms with van der Waals surface area (Å²) in [5.41, 5.74) is 0. The number of ether oxygens (including phenoxy) is 1. The van der Waals surface area contributed by atoms with Gasteiger partial charge in [0.15, 0.2) is 0 Å². The van der Waals surface area contributed by atoms with Gasteiger partial charge >= 0.3 is 5.97 Å². The first kappa shape index (κ1) is 13.8. The SMILES string of the molecule is C#CC(=O)Oc1ccc2cccc3c4cccc5cccc(c1c23)c54. The van der Waals surface area contributed by atoms with E-state index in [1.165, 1.54) is 10.8 Å². The Hall–Kier alpha value is -3.57. The number of carbonyl (C=O) groups excluding carboxylic acids is 1. The van der Waals surface area contributed by atoms with Crippen LogP contribution in [0.1, 0.15) is 0 Å². The summed E-state index contributed by atoms with van der Waals surface area (Å²) in [6, 6.07) is 22.6. The van der Waals surface area contributed by atoms with Crippen molar-refractivity contribution in [2.24, 2.45) is 0 Å². The minimum Gasteiger partial charge on any atom is -0.416 e. The van der Waals surface area contributed by atoms with Crippen LogP contribution in [-0.2, 0) is 4.79 Å². The van der Waals surface area contributed by atoms with E-state index in [1.54, 1.807) is 0 Å². The van der Waals surface area contributed by atoms with Crippen LogP contribution in [-0.4, -0.2) is 5.97 Å². The van der Waals surface area contributed by atoms with Crippen molar-refractivity contribution in [1.82, 2.24) is 0 Å². The molecule has 5 rings (SSSR count). The maximum Gasteiger partial charge on any atom is 0.389 e. The lowest BCUT2D eigenvalue weighted by molar-refractivity contribution is -0.127. The molecule has 0 atom stereocenters. The van der Waals surface area contributed by atoms with Crippen molar-refractivity contribution in [3.05, 3.63) is 66.7 Å². The number of esters is 1. The van der Waals surface area contributed by atoms with Crippen LogP contribution < -0.4 is 4.74 Å². The fraction of sp³-hybridized carbons (Fsp3) is 0. The van der Waals surface area contributed by atoms with Crippen LogP contribution in [0.2, 0.25) is 0 Å². The highest BCUT2D eigenvalue weighted by atomic mass is 16.5. The van der Waals surface area contributed by atoms with Gasteiger partial charge in [0.05, 0.1) is 0 Å². The van der Waals surface area contributed by atoms with E-state index in [9.17, 15) is 4.79 Å². The molecule has 0 bridgehead atoms. The second-order valence-electron chi connectivity index (χ2n) is 6.09. The van der Waals surface area contributed by atoms with Crippen LogP contribution >= 0.6 is 0 Å². The Kier molecular flexibility index (Phi) is 2.74. The lowest BCUT2D eigenvalue weighted by Gasteiger charge is -2.16. The molecular weight excluding hydrogens is 308 g/mol. The zero-order chi connectivity index (χ0) is 17.0. The molecule has 0 unspecified atom stereocenters. The number of hydrogen-bond donors (Lipinski definition) is 0. The van der Waals surface area contributed by atoms with E-state index >= 15 is 0 Å². The molecule has 0 aliphatic carbocycles. The molecule has 2 nitrogen and oxygen atoms in total. The Bertz CT molecular complexity index is 1330. The van der Waals surface area contributed by atoms with Crippen molar-refractivity contribution >= 4 is 49.1 Å². The minimum atomic E-state index is -0.681. The van der Waals surface area contributed by atoms with Crippen LogP contribution in [0, 0.1) is 12.3 Å². The van der Waals surface area contributed by atoms with Crippen LogP contribution in [0.25, 0.3) is 43.1 Å². The zero-order valence-corrected chi connectivity index (χ0v) is 13.2. The molecule has 0 saturated carbocycles. The molecule has 0 aliphatic heterocycles. The predicted molar refractivity (Wildman–Crippen MR) is 102 cm³/mol. The molecule has 25 heavy (non-hydrogen) atoms. The Morgan fingerprint density at radius 3 is 2.00 bits per heavy atom. The Morgan fingerprint density at radius 1 is 0.720 bits per heavy atom. The molecule has 5 aromatic rings. The lowest BCUT2D eigenvalue weighted by atomic mass is 9.89. The summed E-state index contributed by atoms with van der Waals surface area (Å²) in [5, 5.41) is 8.89. The monoisotopic (exact) mass is 320 g/mol. The number of hydrogen-bond acceptors (Lipinski definition) is 2. The first-order chi connectivity index (χ1) is 12.3. The molecule has 0 heterocycles. The van der Waals surface area contributed by atoms with Crippen LogP contribution in [0.4, 0.5) is 0 Å². The molecule has 0 saturated heterocycles. The summed E-state index contributed by atoms with van der Waals surface area (Å²) >= 11 is 0. The summed E-state index contributed by atoms with van der Waals surface area (Å²) in [6.07, 6.45) is 5.20. The van der Waals surface area contributed by atoms with Gasteiger partial charge in [-0.25, -0.2) is 4.79 Å². The van der Waals surface area contributed by atoms with E-state index in [1.807, 2.05) is 24.1 Å². The molecule has 0 radical (unpaired) electrons. The molecule has 0 N–H and O–H groups in total. The average molecular weight is 320 g/mol. The highest BCUT2D eigenvalue weighted by Crippen LogP contribution is 2.43. The molecule has 0 spiro atoms. The van der Waals surface area contributed by atoms with Gasteiger partial charge in [0.1, 0.15) is 5.75 Å². The minimum absolute atomic E-state index is 0.505. The van der Waals surface area contributed by atoms with Crippen molar-refractivity contribution in [3.63, 3.8) is 0 Å². The molecule has 5 aromatic carbocycles. The van der Waals surface area contributed by atoms with Gasteiger partial charge in [0.2, 0.25) is 0 Å². The van der Waals surface area contributed by atoms with Crippen LogP contribution in [0.15, 0.2) is 66.7 Å². The maximum atomic E-state index is 11.7. The van der Waals surface area contributed by atoms with E-state index in [-0.39, 0.29) is 0 Å². The van der Waals surface area contributed by atoms with Gasteiger partial charge in [-0.15, -0.1) is 6.42 Å². The van der Waals surface area contributed by atoms with E-state index < -0.39 is 5.97 Å². The van der Waals surface area contributed by atoms with Crippen molar-refractivity contribution in [3.8, 4) is 18.1 Å². The third kappa shape index (κ3) is 1.84. The Labute approximate surface area is 144 Å². The topological polar surface area (TPSA) is 26.3 Å². The quantitative estimate of drug-likeness (QED) is 0.105. The summed E-state index contributed by atoms with van der Waals surface area (Å²) in [5.74, 6) is 1.85. The van der Waals surface area contributed by atoms with Gasteiger partial charge in [-0.05, 0) is 38.4 Å². The van der Waals surface area contributed by atoms with Gasteiger partial charge in [0, 0.05) is 16.7 Å². The number of carbonyl (C=O) groups is 1. The second kappa shape index (κ2) is 4.96. The van der Waals surface area contributed by atoms with Crippen molar-refractivity contribution in [2.75, 3.05) is 0 Å². The zero-order valence-electron chi connectivity index (χ0n) is 13.2. The van der Waals surface area contributed by atoms with Gasteiger partial charge in [0.25, 0.3) is 0 Å². The number of rotatable bonds is 1. The molecule has 116 valence electrons. The summed E-state index contributed by atoms with van der Waals surface area (Å²) in [6.45, 7) is 0. The van der Waals surface area contributed by atoms with Gasteiger partial charge in [-0.3, -0.25) is 0 Å². The first-order valence-electron chi connectivity index (χ1n) is 8.04. The van der Waals surface area contributed by atoms with E-state index in [4.69, 9.17) is 11.2 Å². The maximum absolute atomic E-state index is 11.7. The summed E-state index contributed by atoms with van der Waals surface area (Å²) < 4.78 is 5.45. The first-order valence-corrected chi connectivity index (χ1v) is 8.04. The van der Waals surface area contributed by atoms with Gasteiger partial charge in [-0.2, -0.15) is 0 Å². The molecule has 0 aliphatic rings. The van der Waals surface area contributed by atoms with Crippen molar-refractivity contribution in [2.45, 2.75) is 0 Å². The Balaban J connectivity index is 2.11. The smallest absolute Gasteiger partial charge is 0.389 e. The summed E-state index contributed by atoms with van der Waals surface area (Å²) in [4.78, 5) is 11.7. The standard InChI is InChI=1S/C23H12O2/c1-2-20(24)25-19-13-12-15-8-4-10-17-16-9-3-6-14-7-5-11-18(21(14)16)23(19)22(15)17/h1,3-13H.